The Morgan fingerprint density at radius 1 is 1.69 bits per heavy atom. The van der Waals surface area contributed by atoms with Crippen molar-refractivity contribution in [2.75, 3.05) is 6.54 Å². The molecule has 0 spiro atoms. The van der Waals surface area contributed by atoms with Crippen LogP contribution in [0.5, 0.6) is 0 Å². The van der Waals surface area contributed by atoms with Gasteiger partial charge in [-0.05, 0) is 26.7 Å². The first-order chi connectivity index (χ1) is 6.27. The van der Waals surface area contributed by atoms with Gasteiger partial charge in [-0.15, -0.1) is 0 Å². The fourth-order valence-electron chi connectivity index (χ4n) is 1.58. The molecule has 1 N–H and O–H groups in total. The smallest absolute Gasteiger partial charge is 0.105 e. The van der Waals surface area contributed by atoms with Crippen LogP contribution in [0.1, 0.15) is 31.6 Å². The Morgan fingerprint density at radius 3 is 3.00 bits per heavy atom. The molecular weight excluding hydrogens is 162 g/mol. The number of imidazole rings is 1. The van der Waals surface area contributed by atoms with E-state index in [9.17, 15) is 0 Å². The summed E-state index contributed by atoms with van der Waals surface area (Å²) in [6, 6.07) is 1.31. The predicted molar refractivity (Wildman–Crippen MR) is 52.7 cm³/mol. The van der Waals surface area contributed by atoms with Crippen LogP contribution in [0.2, 0.25) is 0 Å². The molecule has 1 saturated carbocycles. The van der Waals surface area contributed by atoms with Crippen LogP contribution in [-0.2, 0) is 0 Å². The largest absolute Gasteiger partial charge is 0.331 e. The van der Waals surface area contributed by atoms with Gasteiger partial charge in [0.1, 0.15) is 5.82 Å². The van der Waals surface area contributed by atoms with E-state index in [0.717, 1.165) is 18.4 Å². The lowest BCUT2D eigenvalue weighted by Gasteiger charge is -2.15. The lowest BCUT2D eigenvalue weighted by atomic mass is 10.3. The molecule has 0 amide bonds. The van der Waals surface area contributed by atoms with Gasteiger partial charge in [-0.2, -0.15) is 0 Å². The Balaban J connectivity index is 1.88. The third kappa shape index (κ3) is 2.10. The number of nitrogens with one attached hydrogen (secondary N) is 1. The van der Waals surface area contributed by atoms with E-state index in [-0.39, 0.29) is 0 Å². The quantitative estimate of drug-likeness (QED) is 0.759. The number of aryl methyl sites for hydroxylation is 1. The van der Waals surface area contributed by atoms with E-state index in [1.54, 1.807) is 0 Å². The molecule has 2 rings (SSSR count). The molecule has 1 aromatic heterocycles. The molecule has 1 fully saturated rings. The number of aromatic nitrogens is 2. The van der Waals surface area contributed by atoms with E-state index in [1.165, 1.54) is 12.8 Å². The van der Waals surface area contributed by atoms with E-state index in [2.05, 4.69) is 28.0 Å². The van der Waals surface area contributed by atoms with Crippen LogP contribution in [0.3, 0.4) is 0 Å². The highest BCUT2D eigenvalue weighted by atomic mass is 15.1. The molecule has 1 aromatic rings. The summed E-state index contributed by atoms with van der Waals surface area (Å²) in [5.74, 6) is 1.10. The Hall–Kier alpha value is -0.830. The predicted octanol–water partition coefficient (Wildman–Crippen LogP) is 1.50. The van der Waals surface area contributed by atoms with Crippen molar-refractivity contribution in [1.82, 2.24) is 14.9 Å². The Labute approximate surface area is 79.2 Å². The highest BCUT2D eigenvalue weighted by Gasteiger charge is 2.21. The summed E-state index contributed by atoms with van der Waals surface area (Å²) in [7, 11) is 0. The average Bonchev–Trinajstić information content (AvgIpc) is 2.84. The minimum absolute atomic E-state index is 0.517. The zero-order chi connectivity index (χ0) is 9.26. The van der Waals surface area contributed by atoms with Gasteiger partial charge in [-0.3, -0.25) is 0 Å². The second-order valence-electron chi connectivity index (χ2n) is 3.91. The molecule has 0 bridgehead atoms. The summed E-state index contributed by atoms with van der Waals surface area (Å²) in [4.78, 5) is 4.22. The Kier molecular flexibility index (Phi) is 2.36. The van der Waals surface area contributed by atoms with Crippen LogP contribution in [0.25, 0.3) is 0 Å². The average molecular weight is 179 g/mol. The zero-order valence-electron chi connectivity index (χ0n) is 8.33. The van der Waals surface area contributed by atoms with E-state index in [1.807, 2.05) is 13.1 Å². The van der Waals surface area contributed by atoms with Crippen molar-refractivity contribution in [1.29, 1.82) is 0 Å². The SMILES string of the molecule is Cc1nccn1C(C)CNC1CC1. The van der Waals surface area contributed by atoms with E-state index in [0.29, 0.717) is 6.04 Å². The molecule has 0 saturated heterocycles. The summed E-state index contributed by atoms with van der Waals surface area (Å²) in [5, 5.41) is 3.52. The minimum atomic E-state index is 0.517. The molecule has 13 heavy (non-hydrogen) atoms. The van der Waals surface area contributed by atoms with Crippen LogP contribution in [0, 0.1) is 6.92 Å². The van der Waals surface area contributed by atoms with Gasteiger partial charge in [0.05, 0.1) is 0 Å². The monoisotopic (exact) mass is 179 g/mol. The van der Waals surface area contributed by atoms with Gasteiger partial charge in [0, 0.05) is 31.0 Å². The Bertz CT molecular complexity index is 275. The lowest BCUT2D eigenvalue weighted by Crippen LogP contribution is -2.25. The molecule has 1 heterocycles. The number of hydrogen-bond donors (Lipinski definition) is 1. The highest BCUT2D eigenvalue weighted by molar-refractivity contribution is 4.92. The van der Waals surface area contributed by atoms with Gasteiger partial charge in [0.2, 0.25) is 0 Å². The fraction of sp³-hybridized carbons (Fsp3) is 0.700. The van der Waals surface area contributed by atoms with Crippen LogP contribution in [0.15, 0.2) is 12.4 Å². The van der Waals surface area contributed by atoms with Crippen molar-refractivity contribution in [3.63, 3.8) is 0 Å². The normalized spacial score (nSPS) is 18.9. The molecule has 1 unspecified atom stereocenters. The maximum atomic E-state index is 4.22. The first kappa shape index (κ1) is 8.75. The molecule has 1 aliphatic carbocycles. The number of rotatable bonds is 4. The summed E-state index contributed by atoms with van der Waals surface area (Å²) < 4.78 is 2.22. The molecule has 0 aromatic carbocycles. The van der Waals surface area contributed by atoms with Gasteiger partial charge in [0.25, 0.3) is 0 Å². The third-order valence-electron chi connectivity index (χ3n) is 2.62. The molecule has 0 radical (unpaired) electrons. The fourth-order valence-corrected chi connectivity index (χ4v) is 1.58. The topological polar surface area (TPSA) is 29.9 Å². The van der Waals surface area contributed by atoms with Gasteiger partial charge in [0.15, 0.2) is 0 Å². The van der Waals surface area contributed by atoms with Crippen LogP contribution in [-0.4, -0.2) is 22.1 Å². The van der Waals surface area contributed by atoms with Crippen molar-refractivity contribution in [3.05, 3.63) is 18.2 Å². The Morgan fingerprint density at radius 2 is 2.46 bits per heavy atom. The van der Waals surface area contributed by atoms with Gasteiger partial charge in [-0.1, -0.05) is 0 Å². The first-order valence-corrected chi connectivity index (χ1v) is 5.00. The summed E-state index contributed by atoms with van der Waals surface area (Å²) in [6.45, 7) is 5.33. The van der Waals surface area contributed by atoms with E-state index >= 15 is 0 Å². The number of nitrogens with zero attached hydrogens (tertiary/aromatic N) is 2. The molecule has 3 nitrogen and oxygen atoms in total. The molecule has 1 atom stereocenters. The standard InChI is InChI=1S/C10H17N3/c1-8(7-12-10-3-4-10)13-6-5-11-9(13)2/h5-6,8,10,12H,3-4,7H2,1-2H3. The van der Waals surface area contributed by atoms with Gasteiger partial charge < -0.3 is 9.88 Å². The van der Waals surface area contributed by atoms with Gasteiger partial charge in [-0.25, -0.2) is 4.98 Å². The maximum Gasteiger partial charge on any atom is 0.105 e. The second-order valence-corrected chi connectivity index (χ2v) is 3.91. The summed E-state index contributed by atoms with van der Waals surface area (Å²) in [5.41, 5.74) is 0. The summed E-state index contributed by atoms with van der Waals surface area (Å²) in [6.07, 6.45) is 6.63. The van der Waals surface area contributed by atoms with Crippen LogP contribution >= 0.6 is 0 Å². The first-order valence-electron chi connectivity index (χ1n) is 5.00. The van der Waals surface area contributed by atoms with Crippen LogP contribution < -0.4 is 5.32 Å². The molecule has 3 heteroatoms. The third-order valence-corrected chi connectivity index (χ3v) is 2.62. The van der Waals surface area contributed by atoms with E-state index < -0.39 is 0 Å². The van der Waals surface area contributed by atoms with Gasteiger partial charge >= 0.3 is 0 Å². The summed E-state index contributed by atoms with van der Waals surface area (Å²) >= 11 is 0. The van der Waals surface area contributed by atoms with E-state index in [4.69, 9.17) is 0 Å². The van der Waals surface area contributed by atoms with Crippen molar-refractivity contribution < 1.29 is 0 Å². The molecule has 1 aliphatic rings. The highest BCUT2D eigenvalue weighted by Crippen LogP contribution is 2.19. The molecule has 0 aliphatic heterocycles. The van der Waals surface area contributed by atoms with Crippen LogP contribution in [0.4, 0.5) is 0 Å². The van der Waals surface area contributed by atoms with Crippen molar-refractivity contribution in [2.24, 2.45) is 0 Å². The van der Waals surface area contributed by atoms with Crippen molar-refractivity contribution in [3.8, 4) is 0 Å². The second kappa shape index (κ2) is 3.50. The minimum Gasteiger partial charge on any atom is -0.331 e. The maximum absolute atomic E-state index is 4.22. The lowest BCUT2D eigenvalue weighted by molar-refractivity contribution is 0.483. The zero-order valence-corrected chi connectivity index (χ0v) is 8.33. The van der Waals surface area contributed by atoms with Crippen molar-refractivity contribution >= 4 is 0 Å². The number of hydrogen-bond acceptors (Lipinski definition) is 2. The van der Waals surface area contributed by atoms with Crippen molar-refractivity contribution in [2.45, 2.75) is 38.8 Å². The molecular formula is C10H17N3. The molecule has 72 valence electrons.